The van der Waals surface area contributed by atoms with E-state index in [-0.39, 0.29) is 5.41 Å². The van der Waals surface area contributed by atoms with Crippen LogP contribution in [0.15, 0.2) is 48.5 Å². The van der Waals surface area contributed by atoms with Crippen molar-refractivity contribution in [3.05, 3.63) is 70.8 Å². The SMILES string of the molecule is Cc1cccc(C(O)c2ccc(C(C)(C)C)cc2)c1. The van der Waals surface area contributed by atoms with Gasteiger partial charge in [-0.1, -0.05) is 74.9 Å². The molecule has 0 saturated heterocycles. The van der Waals surface area contributed by atoms with Crippen LogP contribution in [0, 0.1) is 6.92 Å². The zero-order chi connectivity index (χ0) is 14.0. The van der Waals surface area contributed by atoms with E-state index in [4.69, 9.17) is 0 Å². The van der Waals surface area contributed by atoms with Crippen molar-refractivity contribution in [3.63, 3.8) is 0 Å². The van der Waals surface area contributed by atoms with Crippen molar-refractivity contribution in [1.29, 1.82) is 0 Å². The Morgan fingerprint density at radius 2 is 1.53 bits per heavy atom. The predicted molar refractivity (Wildman–Crippen MR) is 80.4 cm³/mol. The minimum atomic E-state index is -0.547. The zero-order valence-corrected chi connectivity index (χ0v) is 12.1. The summed E-state index contributed by atoms with van der Waals surface area (Å²) in [5.74, 6) is 0. The van der Waals surface area contributed by atoms with Crippen LogP contribution >= 0.6 is 0 Å². The van der Waals surface area contributed by atoms with Crippen LogP contribution in [0.1, 0.15) is 49.1 Å². The first-order valence-electron chi connectivity index (χ1n) is 6.73. The number of hydrogen-bond donors (Lipinski definition) is 1. The maximum absolute atomic E-state index is 10.4. The number of aliphatic hydroxyl groups excluding tert-OH is 1. The molecule has 0 aromatic heterocycles. The molecule has 0 aliphatic carbocycles. The minimum Gasteiger partial charge on any atom is -0.384 e. The second-order valence-electron chi connectivity index (χ2n) is 6.19. The number of aliphatic hydroxyl groups is 1. The third-order valence-corrected chi connectivity index (χ3v) is 3.45. The first kappa shape index (κ1) is 13.8. The molecule has 0 spiro atoms. The fourth-order valence-corrected chi connectivity index (χ4v) is 2.20. The molecule has 0 fully saturated rings. The third-order valence-electron chi connectivity index (χ3n) is 3.45. The third kappa shape index (κ3) is 3.24. The molecule has 100 valence electrons. The highest BCUT2D eigenvalue weighted by atomic mass is 16.3. The molecular weight excluding hydrogens is 232 g/mol. The molecule has 2 aromatic rings. The van der Waals surface area contributed by atoms with E-state index < -0.39 is 6.10 Å². The molecular formula is C18H22O. The van der Waals surface area contributed by atoms with Gasteiger partial charge in [0.15, 0.2) is 0 Å². The average Bonchev–Trinajstić information content (AvgIpc) is 2.37. The molecule has 0 aliphatic heterocycles. The fraction of sp³-hybridized carbons (Fsp3) is 0.333. The summed E-state index contributed by atoms with van der Waals surface area (Å²) >= 11 is 0. The van der Waals surface area contributed by atoms with E-state index in [1.807, 2.05) is 43.3 Å². The van der Waals surface area contributed by atoms with Gasteiger partial charge in [-0.15, -0.1) is 0 Å². The number of rotatable bonds is 2. The van der Waals surface area contributed by atoms with Crippen LogP contribution in [-0.2, 0) is 5.41 Å². The van der Waals surface area contributed by atoms with Crippen molar-refractivity contribution in [2.45, 2.75) is 39.2 Å². The summed E-state index contributed by atoms with van der Waals surface area (Å²) in [7, 11) is 0. The Morgan fingerprint density at radius 1 is 0.895 bits per heavy atom. The molecule has 0 bridgehead atoms. The molecule has 0 heterocycles. The lowest BCUT2D eigenvalue weighted by Crippen LogP contribution is -2.11. The van der Waals surface area contributed by atoms with Gasteiger partial charge in [-0.25, -0.2) is 0 Å². The quantitative estimate of drug-likeness (QED) is 0.843. The van der Waals surface area contributed by atoms with Crippen LogP contribution in [-0.4, -0.2) is 5.11 Å². The lowest BCUT2D eigenvalue weighted by molar-refractivity contribution is 0.220. The summed E-state index contributed by atoms with van der Waals surface area (Å²) in [5.41, 5.74) is 4.49. The van der Waals surface area contributed by atoms with Gasteiger partial charge in [0.25, 0.3) is 0 Å². The molecule has 1 nitrogen and oxygen atoms in total. The van der Waals surface area contributed by atoms with Gasteiger partial charge >= 0.3 is 0 Å². The second-order valence-corrected chi connectivity index (χ2v) is 6.19. The average molecular weight is 254 g/mol. The molecule has 2 rings (SSSR count). The molecule has 19 heavy (non-hydrogen) atoms. The molecule has 0 aliphatic rings. The standard InChI is InChI=1S/C18H22O/c1-13-6-5-7-15(12-13)17(19)14-8-10-16(11-9-14)18(2,3)4/h5-12,17,19H,1-4H3. The van der Waals surface area contributed by atoms with E-state index in [0.717, 1.165) is 11.1 Å². The van der Waals surface area contributed by atoms with Crippen molar-refractivity contribution in [3.8, 4) is 0 Å². The Labute approximate surface area is 115 Å². The molecule has 0 amide bonds. The van der Waals surface area contributed by atoms with E-state index in [0.29, 0.717) is 0 Å². The van der Waals surface area contributed by atoms with E-state index in [9.17, 15) is 5.11 Å². The van der Waals surface area contributed by atoms with E-state index in [1.54, 1.807) is 0 Å². The van der Waals surface area contributed by atoms with Gasteiger partial charge in [0.05, 0.1) is 0 Å². The van der Waals surface area contributed by atoms with Crippen molar-refractivity contribution < 1.29 is 5.11 Å². The van der Waals surface area contributed by atoms with Gasteiger partial charge < -0.3 is 5.11 Å². The van der Waals surface area contributed by atoms with Crippen LogP contribution < -0.4 is 0 Å². The Kier molecular flexibility index (Phi) is 3.77. The van der Waals surface area contributed by atoms with Crippen molar-refractivity contribution >= 4 is 0 Å². The summed E-state index contributed by atoms with van der Waals surface area (Å²) in [5, 5.41) is 10.4. The lowest BCUT2D eigenvalue weighted by atomic mass is 9.86. The molecule has 0 saturated carbocycles. The monoisotopic (exact) mass is 254 g/mol. The lowest BCUT2D eigenvalue weighted by Gasteiger charge is -2.20. The van der Waals surface area contributed by atoms with Crippen molar-refractivity contribution in [1.82, 2.24) is 0 Å². The number of hydrogen-bond acceptors (Lipinski definition) is 1. The van der Waals surface area contributed by atoms with Crippen LogP contribution in [0.4, 0.5) is 0 Å². The van der Waals surface area contributed by atoms with Crippen LogP contribution in [0.3, 0.4) is 0 Å². The fourth-order valence-electron chi connectivity index (χ4n) is 2.20. The maximum atomic E-state index is 10.4. The van der Waals surface area contributed by atoms with E-state index in [2.05, 4.69) is 32.9 Å². The maximum Gasteiger partial charge on any atom is 0.104 e. The number of benzene rings is 2. The highest BCUT2D eigenvalue weighted by Crippen LogP contribution is 2.26. The first-order chi connectivity index (χ1) is 8.88. The molecule has 2 aromatic carbocycles. The van der Waals surface area contributed by atoms with E-state index >= 15 is 0 Å². The molecule has 1 N–H and O–H groups in total. The predicted octanol–water partition coefficient (Wildman–Crippen LogP) is 4.37. The Bertz CT molecular complexity index is 547. The van der Waals surface area contributed by atoms with Crippen LogP contribution in [0.5, 0.6) is 0 Å². The first-order valence-corrected chi connectivity index (χ1v) is 6.73. The van der Waals surface area contributed by atoms with Gasteiger partial charge in [0.1, 0.15) is 6.10 Å². The highest BCUT2D eigenvalue weighted by molar-refractivity contribution is 5.35. The molecule has 0 radical (unpaired) electrons. The van der Waals surface area contributed by atoms with Gasteiger partial charge in [-0.05, 0) is 29.0 Å². The van der Waals surface area contributed by atoms with Gasteiger partial charge in [-0.3, -0.25) is 0 Å². The summed E-state index contributed by atoms with van der Waals surface area (Å²) < 4.78 is 0. The zero-order valence-electron chi connectivity index (χ0n) is 12.1. The number of aryl methyl sites for hydroxylation is 1. The van der Waals surface area contributed by atoms with Gasteiger partial charge in [0.2, 0.25) is 0 Å². The second kappa shape index (κ2) is 5.18. The summed E-state index contributed by atoms with van der Waals surface area (Å²) in [6, 6.07) is 16.3. The Hall–Kier alpha value is -1.60. The molecule has 1 unspecified atom stereocenters. The van der Waals surface area contributed by atoms with Crippen LogP contribution in [0.25, 0.3) is 0 Å². The van der Waals surface area contributed by atoms with Crippen molar-refractivity contribution in [2.75, 3.05) is 0 Å². The molecule has 1 heteroatoms. The van der Waals surface area contributed by atoms with Crippen LogP contribution in [0.2, 0.25) is 0 Å². The minimum absolute atomic E-state index is 0.146. The summed E-state index contributed by atoms with van der Waals surface area (Å²) in [6.45, 7) is 8.62. The normalized spacial score (nSPS) is 13.3. The topological polar surface area (TPSA) is 20.2 Å². The smallest absolute Gasteiger partial charge is 0.104 e. The Morgan fingerprint density at radius 3 is 2.05 bits per heavy atom. The van der Waals surface area contributed by atoms with Gasteiger partial charge in [-0.2, -0.15) is 0 Å². The Balaban J connectivity index is 2.27. The molecule has 1 atom stereocenters. The van der Waals surface area contributed by atoms with E-state index in [1.165, 1.54) is 11.1 Å². The summed E-state index contributed by atoms with van der Waals surface area (Å²) in [4.78, 5) is 0. The van der Waals surface area contributed by atoms with Gasteiger partial charge in [0, 0.05) is 0 Å². The van der Waals surface area contributed by atoms with Crippen molar-refractivity contribution in [2.24, 2.45) is 0 Å². The summed E-state index contributed by atoms with van der Waals surface area (Å²) in [6.07, 6.45) is -0.547. The largest absolute Gasteiger partial charge is 0.384 e. The highest BCUT2D eigenvalue weighted by Gasteiger charge is 2.15.